The third-order valence-electron chi connectivity index (χ3n) is 11.9. The molecule has 4 atom stereocenters. The largest absolute Gasteiger partial charge is 0.493 e. The van der Waals surface area contributed by atoms with E-state index >= 15 is 4.79 Å². The molecule has 1 N–H and O–H groups in total. The molecular formula is C53H65N3O7S. The minimum absolute atomic E-state index is 0.00948. The van der Waals surface area contributed by atoms with Crippen molar-refractivity contribution < 1.29 is 33.3 Å². The van der Waals surface area contributed by atoms with Gasteiger partial charge in [-0.1, -0.05) is 136 Å². The van der Waals surface area contributed by atoms with E-state index in [1.165, 1.54) is 0 Å². The maximum Gasteiger partial charge on any atom is 0.410 e. The Balaban J connectivity index is 1.36. The zero-order chi connectivity index (χ0) is 45.9. The molecule has 1 aliphatic rings. The smallest absolute Gasteiger partial charge is 0.410 e. The van der Waals surface area contributed by atoms with Crippen LogP contribution in [0.15, 0.2) is 127 Å². The molecule has 0 radical (unpaired) electrons. The Hall–Kier alpha value is -5.65. The van der Waals surface area contributed by atoms with E-state index in [4.69, 9.17) is 23.7 Å². The lowest BCUT2D eigenvalue weighted by atomic mass is 9.84. The van der Waals surface area contributed by atoms with Gasteiger partial charge in [0.1, 0.15) is 5.60 Å². The van der Waals surface area contributed by atoms with E-state index in [2.05, 4.69) is 92.0 Å². The summed E-state index contributed by atoms with van der Waals surface area (Å²) in [7, 11) is 6.42. The fourth-order valence-electron chi connectivity index (χ4n) is 8.68. The van der Waals surface area contributed by atoms with Gasteiger partial charge in [-0.15, -0.1) is 11.8 Å². The summed E-state index contributed by atoms with van der Waals surface area (Å²) in [5.74, 6) is 2.14. The molecule has 5 aromatic carbocycles. The molecule has 6 rings (SSSR count). The molecule has 5 aromatic rings. The summed E-state index contributed by atoms with van der Waals surface area (Å²) >= 11 is 1.88. The van der Waals surface area contributed by atoms with Crippen LogP contribution in [0.1, 0.15) is 75.3 Å². The van der Waals surface area contributed by atoms with Crippen LogP contribution in [0.3, 0.4) is 0 Å². The van der Waals surface area contributed by atoms with E-state index in [1.807, 2.05) is 96.9 Å². The summed E-state index contributed by atoms with van der Waals surface area (Å²) in [6.45, 7) is 11.2. The molecule has 1 heterocycles. The minimum Gasteiger partial charge on any atom is -0.493 e. The van der Waals surface area contributed by atoms with Gasteiger partial charge in [0, 0.05) is 48.6 Å². The van der Waals surface area contributed by atoms with Gasteiger partial charge in [0.05, 0.1) is 39.2 Å². The summed E-state index contributed by atoms with van der Waals surface area (Å²) < 4.78 is 28.5. The Morgan fingerprint density at radius 1 is 0.703 bits per heavy atom. The van der Waals surface area contributed by atoms with Crippen LogP contribution < -0.4 is 24.3 Å². The second-order valence-corrected chi connectivity index (χ2v) is 18.8. The van der Waals surface area contributed by atoms with Gasteiger partial charge < -0.3 is 38.8 Å². The molecule has 0 bridgehead atoms. The molecule has 0 aliphatic carbocycles. The van der Waals surface area contributed by atoms with Gasteiger partial charge in [0.15, 0.2) is 23.0 Å². The number of methoxy groups -OCH3 is 4. The first kappa shape index (κ1) is 47.8. The number of carbonyl (C=O) groups is 2. The van der Waals surface area contributed by atoms with E-state index in [-0.39, 0.29) is 42.3 Å². The molecule has 1 aliphatic heterocycles. The van der Waals surface area contributed by atoms with E-state index < -0.39 is 16.4 Å². The molecule has 10 nitrogen and oxygen atoms in total. The number of likely N-dealkylation sites (tertiary alicyclic amines) is 1. The van der Waals surface area contributed by atoms with Crippen molar-refractivity contribution in [3.63, 3.8) is 0 Å². The number of para-hydroxylation sites is 2. The van der Waals surface area contributed by atoms with Crippen LogP contribution >= 0.6 is 11.8 Å². The minimum atomic E-state index is -0.694. The van der Waals surface area contributed by atoms with Gasteiger partial charge in [-0.05, 0) is 61.9 Å². The molecule has 11 heteroatoms. The number of hydrogen-bond acceptors (Lipinski definition) is 9. The first-order chi connectivity index (χ1) is 30.9. The maximum absolute atomic E-state index is 15.3. The fourth-order valence-corrected chi connectivity index (χ4v) is 10.5. The van der Waals surface area contributed by atoms with Gasteiger partial charge in [0.2, 0.25) is 5.91 Å². The van der Waals surface area contributed by atoms with E-state index in [0.717, 1.165) is 34.2 Å². The Labute approximate surface area is 384 Å². The number of carbonyl (C=O) groups excluding carboxylic acids is 2. The van der Waals surface area contributed by atoms with E-state index in [9.17, 15) is 4.79 Å². The highest BCUT2D eigenvalue weighted by Gasteiger charge is 2.45. The van der Waals surface area contributed by atoms with Crippen LogP contribution in [0.2, 0.25) is 0 Å². The number of benzene rings is 5. The number of ether oxygens (including phenoxy) is 5. The van der Waals surface area contributed by atoms with E-state index in [0.29, 0.717) is 42.5 Å². The van der Waals surface area contributed by atoms with Crippen molar-refractivity contribution in [1.82, 2.24) is 15.1 Å². The number of nitrogens with zero attached hydrogens (tertiary/aromatic N) is 2. The van der Waals surface area contributed by atoms with Crippen molar-refractivity contribution in [2.45, 2.75) is 88.2 Å². The Morgan fingerprint density at radius 3 is 1.58 bits per heavy atom. The third-order valence-corrected chi connectivity index (χ3v) is 13.7. The van der Waals surface area contributed by atoms with Gasteiger partial charge in [-0.3, -0.25) is 4.79 Å². The predicted molar refractivity (Wildman–Crippen MR) is 257 cm³/mol. The zero-order valence-corrected chi connectivity index (χ0v) is 39.7. The standard InChI is InChI=1S/C53H65N3O7S/c1-10-37(2)47(50(57)55(34-38-22-20-30-45(59-6)48(38)61-8)35-39-23-21-31-46(60-7)49(39)62-9)54-33-43-32-44(36-56(43)51(58)63-52(3,4)5)64-53(40-24-14-11-15-25-40,41-26-16-12-17-27-41)42-28-18-13-19-29-42/h11-31,37,43-44,47,54H,10,32-36H2,1-9H3/t37-,43+,44+,47-/m0/s1. The van der Waals surface area contributed by atoms with Crippen molar-refractivity contribution in [1.29, 1.82) is 0 Å². The maximum atomic E-state index is 15.3. The van der Waals surface area contributed by atoms with Crippen LogP contribution in [0.25, 0.3) is 0 Å². The fraction of sp³-hybridized carbons (Fsp3) is 0.396. The van der Waals surface area contributed by atoms with Crippen LogP contribution in [0.5, 0.6) is 23.0 Å². The van der Waals surface area contributed by atoms with Gasteiger partial charge >= 0.3 is 6.09 Å². The van der Waals surface area contributed by atoms with Crippen molar-refractivity contribution in [2.24, 2.45) is 5.92 Å². The number of nitrogens with one attached hydrogen (secondary N) is 1. The van der Waals surface area contributed by atoms with Crippen molar-refractivity contribution >= 4 is 23.8 Å². The Morgan fingerprint density at radius 2 is 1.17 bits per heavy atom. The van der Waals surface area contributed by atoms with Crippen LogP contribution in [0, 0.1) is 5.92 Å². The Bertz CT molecular complexity index is 2120. The number of hydrogen-bond donors (Lipinski definition) is 1. The molecule has 2 amide bonds. The van der Waals surface area contributed by atoms with Crippen molar-refractivity contribution in [3.8, 4) is 23.0 Å². The second-order valence-electron chi connectivity index (χ2n) is 17.3. The molecular weight excluding hydrogens is 823 g/mol. The molecule has 0 spiro atoms. The third kappa shape index (κ3) is 11.0. The van der Waals surface area contributed by atoms with Crippen LogP contribution in [-0.4, -0.2) is 86.3 Å². The lowest BCUT2D eigenvalue weighted by molar-refractivity contribution is -0.136. The van der Waals surface area contributed by atoms with Crippen LogP contribution in [0.4, 0.5) is 4.79 Å². The second kappa shape index (κ2) is 21.8. The van der Waals surface area contributed by atoms with Gasteiger partial charge in [-0.2, -0.15) is 0 Å². The first-order valence-corrected chi connectivity index (χ1v) is 23.0. The average Bonchev–Trinajstić information content (AvgIpc) is 3.72. The summed E-state index contributed by atoms with van der Waals surface area (Å²) in [6.07, 6.45) is 1.06. The molecule has 1 saturated heterocycles. The normalized spacial score (nSPS) is 16.1. The van der Waals surface area contributed by atoms with Gasteiger partial charge in [0.25, 0.3) is 0 Å². The number of amides is 2. The molecule has 340 valence electrons. The molecule has 0 unspecified atom stereocenters. The summed E-state index contributed by atoms with van der Waals surface area (Å²) in [4.78, 5) is 33.3. The van der Waals surface area contributed by atoms with Gasteiger partial charge in [-0.25, -0.2) is 4.79 Å². The summed E-state index contributed by atoms with van der Waals surface area (Å²) in [5, 5.41) is 3.74. The quantitative estimate of drug-likeness (QED) is 0.0813. The monoisotopic (exact) mass is 887 g/mol. The zero-order valence-electron chi connectivity index (χ0n) is 38.8. The predicted octanol–water partition coefficient (Wildman–Crippen LogP) is 10.4. The average molecular weight is 888 g/mol. The summed E-state index contributed by atoms with van der Waals surface area (Å²) in [6, 6.07) is 42.4. The number of rotatable bonds is 19. The lowest BCUT2D eigenvalue weighted by Gasteiger charge is -2.37. The van der Waals surface area contributed by atoms with E-state index in [1.54, 1.807) is 28.4 Å². The Kier molecular flexibility index (Phi) is 16.3. The molecule has 64 heavy (non-hydrogen) atoms. The molecule has 1 fully saturated rings. The van der Waals surface area contributed by atoms with Crippen LogP contribution in [-0.2, 0) is 27.4 Å². The molecule has 0 saturated carbocycles. The summed E-state index contributed by atoms with van der Waals surface area (Å²) in [5.41, 5.74) is 4.37. The number of thioether (sulfide) groups is 1. The highest BCUT2D eigenvalue weighted by atomic mass is 32.2. The SMILES string of the molecule is CC[C@H](C)[C@H](NC[C@H]1C[C@@H](SC(c2ccccc2)(c2ccccc2)c2ccccc2)CN1C(=O)OC(C)(C)C)C(=O)N(Cc1cccc(OC)c1OC)Cc1cccc(OC)c1OC. The van der Waals surface area contributed by atoms with Crippen molar-refractivity contribution in [3.05, 3.63) is 155 Å². The highest BCUT2D eigenvalue weighted by molar-refractivity contribution is 8.01. The van der Waals surface area contributed by atoms with Crippen molar-refractivity contribution in [2.75, 3.05) is 41.5 Å². The first-order valence-electron chi connectivity index (χ1n) is 22.1. The highest BCUT2D eigenvalue weighted by Crippen LogP contribution is 2.52. The topological polar surface area (TPSA) is 98.8 Å². The molecule has 0 aromatic heterocycles. The lowest BCUT2D eigenvalue weighted by Crippen LogP contribution is -2.53.